The van der Waals surface area contributed by atoms with Gasteiger partial charge in [0.15, 0.2) is 23.1 Å². The summed E-state index contributed by atoms with van der Waals surface area (Å²) in [6.07, 6.45) is 3.73. The van der Waals surface area contributed by atoms with Crippen LogP contribution in [0, 0.1) is 0 Å². The molecule has 1 aliphatic carbocycles. The molecule has 1 aromatic carbocycles. The number of para-hydroxylation sites is 1. The number of carboxylic acids is 1. The third kappa shape index (κ3) is 3.56. The van der Waals surface area contributed by atoms with Crippen LogP contribution < -0.4 is 15.4 Å². The van der Waals surface area contributed by atoms with E-state index in [1.54, 1.807) is 30.2 Å². The molecule has 0 spiro atoms. The van der Waals surface area contributed by atoms with Crippen LogP contribution in [0.2, 0.25) is 0 Å². The fraction of sp³-hybridized carbons (Fsp3) is 0.278. The molecule has 0 aliphatic heterocycles. The quantitative estimate of drug-likeness (QED) is 0.565. The van der Waals surface area contributed by atoms with Gasteiger partial charge in [-0.05, 0) is 25.0 Å². The van der Waals surface area contributed by atoms with Gasteiger partial charge in [-0.15, -0.1) is 10.2 Å². The molecule has 144 valence electrons. The Bertz CT molecular complexity index is 1030. The first kappa shape index (κ1) is 17.7. The first-order valence-electron chi connectivity index (χ1n) is 8.72. The standard InChI is InChI=1S/C18H19N7O3/c1-25-9-19-17(24-25)11-4-3-5-12(16(11)28-2)21-13-8-14(20-10-6-7-10)22-23-15(13)18(26)27/h3-5,8-10H,6-7H2,1-2H3,(H,26,27)(H2,20,21,22). The number of anilines is 3. The van der Waals surface area contributed by atoms with Gasteiger partial charge in [0.05, 0.1) is 24.0 Å². The lowest BCUT2D eigenvalue weighted by molar-refractivity contribution is 0.0690. The van der Waals surface area contributed by atoms with E-state index in [1.165, 1.54) is 7.11 Å². The number of nitrogens with one attached hydrogen (secondary N) is 2. The number of carboxylic acid groups (broad SMARTS) is 1. The molecular weight excluding hydrogens is 362 g/mol. The number of carbonyl (C=O) groups is 1. The van der Waals surface area contributed by atoms with Crippen LogP contribution in [-0.2, 0) is 7.05 Å². The molecule has 3 N–H and O–H groups in total. The van der Waals surface area contributed by atoms with Gasteiger partial charge in [0, 0.05) is 19.2 Å². The highest BCUT2D eigenvalue weighted by molar-refractivity contribution is 5.94. The number of aryl methyl sites for hydroxylation is 1. The van der Waals surface area contributed by atoms with Crippen LogP contribution in [0.4, 0.5) is 17.2 Å². The Labute approximate surface area is 160 Å². The first-order chi connectivity index (χ1) is 13.5. The summed E-state index contributed by atoms with van der Waals surface area (Å²) < 4.78 is 7.16. The van der Waals surface area contributed by atoms with Crippen molar-refractivity contribution in [1.29, 1.82) is 0 Å². The van der Waals surface area contributed by atoms with Crippen LogP contribution in [0.15, 0.2) is 30.6 Å². The van der Waals surface area contributed by atoms with Gasteiger partial charge in [-0.3, -0.25) is 4.68 Å². The van der Waals surface area contributed by atoms with E-state index in [4.69, 9.17) is 4.74 Å². The van der Waals surface area contributed by atoms with Gasteiger partial charge in [-0.25, -0.2) is 9.78 Å². The predicted octanol–water partition coefficient (Wildman–Crippen LogP) is 2.30. The molecule has 0 atom stereocenters. The van der Waals surface area contributed by atoms with E-state index >= 15 is 0 Å². The van der Waals surface area contributed by atoms with Gasteiger partial charge >= 0.3 is 5.97 Å². The molecule has 10 nitrogen and oxygen atoms in total. The molecule has 1 fully saturated rings. The third-order valence-corrected chi connectivity index (χ3v) is 4.25. The SMILES string of the molecule is COc1c(Nc2cc(NC3CC3)nnc2C(=O)O)cccc1-c1ncn(C)n1. The second-order valence-corrected chi connectivity index (χ2v) is 6.47. The first-order valence-corrected chi connectivity index (χ1v) is 8.72. The number of hydrogen-bond donors (Lipinski definition) is 3. The van der Waals surface area contributed by atoms with E-state index in [-0.39, 0.29) is 5.69 Å². The van der Waals surface area contributed by atoms with Gasteiger partial charge < -0.3 is 20.5 Å². The molecule has 0 amide bonds. The van der Waals surface area contributed by atoms with Gasteiger partial charge in [0.25, 0.3) is 0 Å². The minimum atomic E-state index is -1.17. The highest BCUT2D eigenvalue weighted by Gasteiger charge is 2.23. The smallest absolute Gasteiger partial charge is 0.358 e. The molecule has 2 aromatic heterocycles. The second-order valence-electron chi connectivity index (χ2n) is 6.47. The highest BCUT2D eigenvalue weighted by atomic mass is 16.5. The molecule has 1 saturated carbocycles. The van der Waals surface area contributed by atoms with Crippen LogP contribution in [0.1, 0.15) is 23.3 Å². The molecule has 28 heavy (non-hydrogen) atoms. The van der Waals surface area contributed by atoms with Crippen molar-refractivity contribution in [3.63, 3.8) is 0 Å². The van der Waals surface area contributed by atoms with E-state index in [9.17, 15) is 9.90 Å². The van der Waals surface area contributed by atoms with Crippen molar-refractivity contribution in [3.05, 3.63) is 36.3 Å². The summed E-state index contributed by atoms with van der Waals surface area (Å²) in [6.45, 7) is 0. The van der Waals surface area contributed by atoms with E-state index in [1.807, 2.05) is 12.1 Å². The summed E-state index contributed by atoms with van der Waals surface area (Å²) >= 11 is 0. The molecule has 0 unspecified atom stereocenters. The third-order valence-electron chi connectivity index (χ3n) is 4.25. The summed E-state index contributed by atoms with van der Waals surface area (Å²) in [5.41, 5.74) is 1.39. The van der Waals surface area contributed by atoms with Crippen molar-refractivity contribution < 1.29 is 14.6 Å². The molecular formula is C18H19N7O3. The van der Waals surface area contributed by atoms with Crippen LogP contribution in [0.3, 0.4) is 0 Å². The van der Waals surface area contributed by atoms with E-state index in [0.29, 0.717) is 40.4 Å². The molecule has 1 aliphatic rings. The maximum atomic E-state index is 11.6. The highest BCUT2D eigenvalue weighted by Crippen LogP contribution is 2.37. The average Bonchev–Trinajstić information content (AvgIpc) is 3.38. The summed E-state index contributed by atoms with van der Waals surface area (Å²) in [6, 6.07) is 7.44. The maximum absolute atomic E-state index is 11.6. The Morgan fingerprint density at radius 2 is 2.11 bits per heavy atom. The largest absolute Gasteiger partial charge is 0.494 e. The zero-order valence-electron chi connectivity index (χ0n) is 15.4. The van der Waals surface area contributed by atoms with Gasteiger partial charge in [0.1, 0.15) is 6.33 Å². The van der Waals surface area contributed by atoms with Crippen molar-refractivity contribution in [3.8, 4) is 17.1 Å². The molecule has 10 heteroatoms. The van der Waals surface area contributed by atoms with Crippen LogP contribution >= 0.6 is 0 Å². The van der Waals surface area contributed by atoms with Gasteiger partial charge in [-0.2, -0.15) is 5.10 Å². The summed E-state index contributed by atoms with van der Waals surface area (Å²) in [4.78, 5) is 15.8. The van der Waals surface area contributed by atoms with E-state index in [2.05, 4.69) is 30.9 Å². The minimum Gasteiger partial charge on any atom is -0.494 e. The van der Waals surface area contributed by atoms with Crippen LogP contribution in [0.25, 0.3) is 11.4 Å². The van der Waals surface area contributed by atoms with Crippen molar-refractivity contribution in [1.82, 2.24) is 25.0 Å². The Morgan fingerprint density at radius 1 is 1.29 bits per heavy atom. The fourth-order valence-corrected chi connectivity index (χ4v) is 2.79. The van der Waals surface area contributed by atoms with Crippen molar-refractivity contribution in [2.45, 2.75) is 18.9 Å². The minimum absolute atomic E-state index is 0.176. The number of aromatic nitrogens is 5. The lowest BCUT2D eigenvalue weighted by Gasteiger charge is -2.15. The Balaban J connectivity index is 1.73. The molecule has 4 rings (SSSR count). The van der Waals surface area contributed by atoms with Gasteiger partial charge in [-0.1, -0.05) is 6.07 Å². The number of hydrogen-bond acceptors (Lipinski definition) is 8. The lowest BCUT2D eigenvalue weighted by Crippen LogP contribution is -2.11. The van der Waals surface area contributed by atoms with E-state index < -0.39 is 5.97 Å². The lowest BCUT2D eigenvalue weighted by atomic mass is 10.1. The monoisotopic (exact) mass is 381 g/mol. The normalized spacial score (nSPS) is 13.2. The van der Waals surface area contributed by atoms with Crippen molar-refractivity contribution >= 4 is 23.2 Å². The van der Waals surface area contributed by atoms with Gasteiger partial charge in [0.2, 0.25) is 0 Å². The average molecular weight is 381 g/mol. The van der Waals surface area contributed by atoms with Crippen LogP contribution in [-0.4, -0.2) is 49.2 Å². The van der Waals surface area contributed by atoms with E-state index in [0.717, 1.165) is 12.8 Å². The maximum Gasteiger partial charge on any atom is 0.358 e. The zero-order chi connectivity index (χ0) is 19.7. The molecule has 2 heterocycles. The Kier molecular flexibility index (Phi) is 4.52. The fourth-order valence-electron chi connectivity index (χ4n) is 2.79. The molecule has 0 radical (unpaired) electrons. The Morgan fingerprint density at radius 3 is 2.75 bits per heavy atom. The summed E-state index contributed by atoms with van der Waals surface area (Å²) in [5, 5.41) is 27.9. The number of benzene rings is 1. The summed E-state index contributed by atoms with van der Waals surface area (Å²) in [7, 11) is 3.32. The second kappa shape index (κ2) is 7.14. The zero-order valence-corrected chi connectivity index (χ0v) is 15.4. The number of methoxy groups -OCH3 is 1. The van der Waals surface area contributed by atoms with Crippen molar-refractivity contribution in [2.24, 2.45) is 7.05 Å². The predicted molar refractivity (Wildman–Crippen MR) is 102 cm³/mol. The number of aromatic carboxylic acids is 1. The number of ether oxygens (including phenoxy) is 1. The molecule has 3 aromatic rings. The molecule has 0 bridgehead atoms. The Hall–Kier alpha value is -3.69. The number of nitrogens with zero attached hydrogens (tertiary/aromatic N) is 5. The van der Waals surface area contributed by atoms with Crippen molar-refractivity contribution in [2.75, 3.05) is 17.7 Å². The summed E-state index contributed by atoms with van der Waals surface area (Å²) in [5.74, 6) is 0.356. The molecule has 0 saturated heterocycles. The topological polar surface area (TPSA) is 127 Å². The number of rotatable bonds is 7. The van der Waals surface area contributed by atoms with Crippen LogP contribution in [0.5, 0.6) is 5.75 Å².